The first-order valence-electron chi connectivity index (χ1n) is 5.49. The zero-order valence-corrected chi connectivity index (χ0v) is 11.4. The predicted octanol–water partition coefficient (Wildman–Crippen LogP) is 3.38. The minimum atomic E-state index is 0. The van der Waals surface area contributed by atoms with Crippen molar-refractivity contribution in [3.8, 4) is 5.75 Å². The molecule has 1 aromatic carbocycles. The maximum Gasteiger partial charge on any atom is 0.121 e. The molecule has 0 saturated carbocycles. The zero-order chi connectivity index (χ0) is 12.4. The van der Waals surface area contributed by atoms with Crippen molar-refractivity contribution in [1.82, 2.24) is 0 Å². The summed E-state index contributed by atoms with van der Waals surface area (Å²) in [5.74, 6) is 0.955. The maximum atomic E-state index is 6.00. The largest absolute Gasteiger partial charge is 0.494 e. The van der Waals surface area contributed by atoms with Crippen molar-refractivity contribution in [2.75, 3.05) is 24.6 Å². The van der Waals surface area contributed by atoms with Crippen molar-refractivity contribution in [1.29, 1.82) is 10.8 Å². The van der Waals surface area contributed by atoms with E-state index in [4.69, 9.17) is 15.5 Å². The number of hydrogen-bond acceptors (Lipinski definition) is 4. The highest BCUT2D eigenvalue weighted by Gasteiger charge is 2.02. The number of hydrogen-bond donors (Lipinski definition) is 0. The van der Waals surface area contributed by atoms with Gasteiger partial charge in [0, 0.05) is 35.6 Å². The average molecular weight is 258 g/mol. The molecule has 0 spiro atoms. The van der Waals surface area contributed by atoms with Crippen molar-refractivity contribution < 1.29 is 4.74 Å². The first-order valence-corrected chi connectivity index (χ1v) is 5.49. The van der Waals surface area contributed by atoms with Crippen LogP contribution in [-0.2, 0) is 0 Å². The zero-order valence-electron chi connectivity index (χ0n) is 10.6. The van der Waals surface area contributed by atoms with Crippen LogP contribution in [0.4, 0.5) is 5.69 Å². The van der Waals surface area contributed by atoms with Gasteiger partial charge in [-0.25, -0.2) is 0 Å². The van der Waals surface area contributed by atoms with Crippen LogP contribution in [0.3, 0.4) is 0 Å². The molecule has 0 fully saturated rings. The summed E-state index contributed by atoms with van der Waals surface area (Å²) in [6, 6.07) is 8.25. The van der Waals surface area contributed by atoms with E-state index in [1.54, 1.807) is 0 Å². The van der Waals surface area contributed by atoms with E-state index >= 15 is 0 Å². The second-order valence-electron chi connectivity index (χ2n) is 3.10. The quantitative estimate of drug-likeness (QED) is 0.759. The van der Waals surface area contributed by atoms with E-state index in [1.807, 2.05) is 19.1 Å². The van der Waals surface area contributed by atoms with Gasteiger partial charge in [0.15, 0.2) is 0 Å². The fourth-order valence-corrected chi connectivity index (χ4v) is 1.53. The summed E-state index contributed by atoms with van der Waals surface area (Å²) >= 11 is 0. The monoisotopic (exact) mass is 257 g/mol. The Kier molecular flexibility index (Phi) is 11.6. The van der Waals surface area contributed by atoms with Crippen LogP contribution in [0.15, 0.2) is 24.3 Å². The number of ether oxygens (including phenoxy) is 1. The van der Waals surface area contributed by atoms with Gasteiger partial charge in [-0.1, -0.05) is 6.07 Å². The molecule has 0 N–H and O–H groups in total. The standard InChI is InChI=1S/C12H19NO.ClH.N2/c1-4-13(5-2)11-8-7-9-12(10-11)14-6-3;;1-2/h7-10H,4-6H2,1-3H3;1H;. The minimum Gasteiger partial charge on any atom is -0.494 e. The van der Waals surface area contributed by atoms with Crippen molar-refractivity contribution in [2.45, 2.75) is 20.8 Å². The van der Waals surface area contributed by atoms with Crippen LogP contribution in [0.1, 0.15) is 20.8 Å². The number of anilines is 1. The van der Waals surface area contributed by atoms with Gasteiger partial charge in [-0.3, -0.25) is 0 Å². The van der Waals surface area contributed by atoms with E-state index in [-0.39, 0.29) is 12.4 Å². The predicted molar refractivity (Wildman–Crippen MR) is 71.9 cm³/mol. The molecule has 17 heavy (non-hydrogen) atoms. The van der Waals surface area contributed by atoms with Crippen molar-refractivity contribution in [3.05, 3.63) is 24.3 Å². The van der Waals surface area contributed by atoms with Crippen molar-refractivity contribution >= 4 is 18.1 Å². The fourth-order valence-electron chi connectivity index (χ4n) is 1.53. The molecule has 0 radical (unpaired) electrons. The molecule has 0 heterocycles. The molecule has 0 bridgehead atoms. The molecule has 0 aliphatic heterocycles. The van der Waals surface area contributed by atoms with E-state index < -0.39 is 0 Å². The molecule has 0 aliphatic carbocycles. The highest BCUT2D eigenvalue weighted by Crippen LogP contribution is 2.20. The lowest BCUT2D eigenvalue weighted by atomic mass is 10.2. The molecule has 1 rings (SSSR count). The molecule has 1 aromatic rings. The number of halogens is 1. The average Bonchev–Trinajstić information content (AvgIpc) is 2.34. The second kappa shape index (κ2) is 11.0. The van der Waals surface area contributed by atoms with Crippen LogP contribution < -0.4 is 9.64 Å². The summed E-state index contributed by atoms with van der Waals surface area (Å²) < 4.78 is 5.46. The first-order chi connectivity index (χ1) is 7.81. The third kappa shape index (κ3) is 5.98. The fraction of sp³-hybridized carbons (Fsp3) is 0.500. The van der Waals surface area contributed by atoms with Gasteiger partial charge in [0.25, 0.3) is 0 Å². The minimum absolute atomic E-state index is 0. The van der Waals surface area contributed by atoms with Gasteiger partial charge in [0.1, 0.15) is 5.75 Å². The lowest BCUT2D eigenvalue weighted by molar-refractivity contribution is 0.340. The first kappa shape index (κ1) is 17.9. The lowest BCUT2D eigenvalue weighted by Crippen LogP contribution is -2.21. The van der Waals surface area contributed by atoms with Crippen LogP contribution in [0.2, 0.25) is 0 Å². The Morgan fingerprint density at radius 2 is 1.71 bits per heavy atom. The van der Waals surface area contributed by atoms with Crippen LogP contribution >= 0.6 is 12.4 Å². The van der Waals surface area contributed by atoms with Gasteiger partial charge in [0.2, 0.25) is 0 Å². The third-order valence-electron chi connectivity index (χ3n) is 2.26. The van der Waals surface area contributed by atoms with Gasteiger partial charge < -0.3 is 9.64 Å². The Bertz CT molecular complexity index is 314. The molecule has 0 amide bonds. The molecular formula is C12H20ClN3O. The Balaban J connectivity index is 0. The van der Waals surface area contributed by atoms with Crippen LogP contribution in [0, 0.1) is 10.8 Å². The Labute approximate surface area is 109 Å². The highest BCUT2D eigenvalue weighted by atomic mass is 35.5. The van der Waals surface area contributed by atoms with Crippen molar-refractivity contribution in [3.63, 3.8) is 0 Å². The summed E-state index contributed by atoms with van der Waals surface area (Å²) in [6.45, 7) is 9.12. The molecule has 0 aliphatic rings. The normalized spacial score (nSPS) is 8.29. The molecular weight excluding hydrogens is 238 g/mol. The molecule has 0 unspecified atom stereocenters. The topological polar surface area (TPSA) is 60.0 Å². The molecule has 0 atom stereocenters. The number of rotatable bonds is 5. The molecule has 0 saturated heterocycles. The van der Waals surface area contributed by atoms with E-state index in [9.17, 15) is 0 Å². The summed E-state index contributed by atoms with van der Waals surface area (Å²) in [5, 5.41) is 12.0. The molecule has 5 heteroatoms. The van der Waals surface area contributed by atoms with Gasteiger partial charge in [-0.15, -0.1) is 12.4 Å². The number of benzene rings is 1. The SMILES string of the molecule is CCOc1cccc(N(CC)CC)c1.Cl.N#N. The smallest absolute Gasteiger partial charge is 0.121 e. The molecule has 0 aromatic heterocycles. The van der Waals surface area contributed by atoms with E-state index in [1.165, 1.54) is 5.69 Å². The number of nitrogens with zero attached hydrogens (tertiary/aromatic N) is 3. The Morgan fingerprint density at radius 1 is 1.12 bits per heavy atom. The van der Waals surface area contributed by atoms with Crippen LogP contribution in [0.25, 0.3) is 0 Å². The molecule has 96 valence electrons. The van der Waals surface area contributed by atoms with Crippen LogP contribution in [0.5, 0.6) is 5.75 Å². The summed E-state index contributed by atoms with van der Waals surface area (Å²) in [4.78, 5) is 2.31. The highest BCUT2D eigenvalue weighted by molar-refractivity contribution is 5.85. The summed E-state index contributed by atoms with van der Waals surface area (Å²) in [5.41, 5.74) is 1.24. The molecule has 4 nitrogen and oxygen atoms in total. The maximum absolute atomic E-state index is 6.00. The lowest BCUT2D eigenvalue weighted by Gasteiger charge is -2.21. The summed E-state index contributed by atoms with van der Waals surface area (Å²) in [7, 11) is 0. The van der Waals surface area contributed by atoms with Gasteiger partial charge in [0.05, 0.1) is 6.61 Å². The summed E-state index contributed by atoms with van der Waals surface area (Å²) in [6.07, 6.45) is 0. The Hall–Kier alpha value is -1.47. The van der Waals surface area contributed by atoms with Gasteiger partial charge in [-0.05, 0) is 32.9 Å². The van der Waals surface area contributed by atoms with E-state index in [2.05, 4.69) is 30.9 Å². The second-order valence-corrected chi connectivity index (χ2v) is 3.10. The van der Waals surface area contributed by atoms with E-state index in [0.717, 1.165) is 25.4 Å². The van der Waals surface area contributed by atoms with Crippen molar-refractivity contribution in [2.24, 2.45) is 0 Å². The van der Waals surface area contributed by atoms with Gasteiger partial charge in [-0.2, -0.15) is 0 Å². The third-order valence-corrected chi connectivity index (χ3v) is 2.26. The Morgan fingerprint density at radius 3 is 2.18 bits per heavy atom. The van der Waals surface area contributed by atoms with E-state index in [0.29, 0.717) is 0 Å². The van der Waals surface area contributed by atoms with Crippen LogP contribution in [-0.4, -0.2) is 19.7 Å². The van der Waals surface area contributed by atoms with Gasteiger partial charge >= 0.3 is 0 Å².